The Hall–Kier alpha value is -2.11. The van der Waals surface area contributed by atoms with Crippen LogP contribution in [0.25, 0.3) is 0 Å². The highest BCUT2D eigenvalue weighted by Crippen LogP contribution is 2.36. The summed E-state index contributed by atoms with van der Waals surface area (Å²) in [5, 5.41) is 11.0. The minimum absolute atomic E-state index is 0.0767. The zero-order chi connectivity index (χ0) is 16.2. The van der Waals surface area contributed by atoms with E-state index in [0.717, 1.165) is 25.4 Å². The van der Waals surface area contributed by atoms with E-state index < -0.39 is 4.92 Å². The van der Waals surface area contributed by atoms with Crippen molar-refractivity contribution in [3.8, 4) is 5.75 Å². The van der Waals surface area contributed by atoms with E-state index in [2.05, 4.69) is 0 Å². The molecule has 2 atom stereocenters. The quantitative estimate of drug-likeness (QED) is 0.632. The van der Waals surface area contributed by atoms with Crippen LogP contribution in [-0.4, -0.2) is 35.4 Å². The number of nitro benzene ring substituents is 1. The molecule has 0 bridgehead atoms. The van der Waals surface area contributed by atoms with Crippen LogP contribution < -0.4 is 4.74 Å². The Bertz CT molecular complexity index is 590. The Morgan fingerprint density at radius 1 is 1.22 bits per heavy atom. The number of hydrogen-bond acceptors (Lipinski definition) is 4. The third kappa shape index (κ3) is 3.63. The summed E-state index contributed by atoms with van der Waals surface area (Å²) in [6.07, 6.45) is 6.15. The van der Waals surface area contributed by atoms with Crippen LogP contribution in [-0.2, 0) is 4.79 Å². The van der Waals surface area contributed by atoms with Gasteiger partial charge in [0, 0.05) is 19.2 Å². The van der Waals surface area contributed by atoms with Crippen LogP contribution in [0.3, 0.4) is 0 Å². The number of fused-ring (bicyclic) bond motifs is 1. The predicted octanol–water partition coefficient (Wildman–Crippen LogP) is 3.01. The molecule has 124 valence electrons. The van der Waals surface area contributed by atoms with Crippen molar-refractivity contribution in [2.24, 2.45) is 11.8 Å². The highest BCUT2D eigenvalue weighted by atomic mass is 16.6. The first-order chi connectivity index (χ1) is 11.1. The maximum absolute atomic E-state index is 12.4. The Morgan fingerprint density at radius 2 is 1.96 bits per heavy atom. The van der Waals surface area contributed by atoms with Gasteiger partial charge in [0.1, 0.15) is 0 Å². The van der Waals surface area contributed by atoms with Gasteiger partial charge in [-0.25, -0.2) is 0 Å². The Balaban J connectivity index is 1.57. The fraction of sp³-hybridized carbons (Fsp3) is 0.588. The topological polar surface area (TPSA) is 72.7 Å². The van der Waals surface area contributed by atoms with Gasteiger partial charge in [-0.15, -0.1) is 0 Å². The molecule has 0 spiro atoms. The zero-order valence-electron chi connectivity index (χ0n) is 13.1. The van der Waals surface area contributed by atoms with Crippen molar-refractivity contribution < 1.29 is 14.5 Å². The standard InChI is InChI=1S/C17H22N2O4/c20-17(12-23-16-8-4-3-7-15(16)19(21)22)18-10-9-13-5-1-2-6-14(13)11-18/h3-4,7-8,13-14H,1-2,5-6,9-12H2. The van der Waals surface area contributed by atoms with E-state index >= 15 is 0 Å². The molecule has 1 heterocycles. The number of rotatable bonds is 4. The predicted molar refractivity (Wildman–Crippen MR) is 85.2 cm³/mol. The third-order valence-corrected chi connectivity index (χ3v) is 5.06. The first-order valence-electron chi connectivity index (χ1n) is 8.29. The normalized spacial score (nSPS) is 23.9. The summed E-state index contributed by atoms with van der Waals surface area (Å²) in [7, 11) is 0. The van der Waals surface area contributed by atoms with E-state index in [0.29, 0.717) is 5.92 Å². The van der Waals surface area contributed by atoms with Crippen molar-refractivity contribution in [3.05, 3.63) is 34.4 Å². The summed E-state index contributed by atoms with van der Waals surface area (Å²) in [6, 6.07) is 6.16. The number of para-hydroxylation sites is 2. The molecule has 1 aromatic rings. The lowest BCUT2D eigenvalue weighted by Crippen LogP contribution is -2.46. The summed E-state index contributed by atoms with van der Waals surface area (Å²) < 4.78 is 5.42. The fourth-order valence-electron chi connectivity index (χ4n) is 3.79. The molecule has 1 aliphatic carbocycles. The lowest BCUT2D eigenvalue weighted by atomic mass is 9.75. The van der Waals surface area contributed by atoms with E-state index in [4.69, 9.17) is 4.74 Å². The highest BCUT2D eigenvalue weighted by Gasteiger charge is 2.33. The van der Waals surface area contributed by atoms with Crippen molar-refractivity contribution in [1.29, 1.82) is 0 Å². The molecule has 1 saturated heterocycles. The number of nitro groups is 1. The van der Waals surface area contributed by atoms with Gasteiger partial charge in [-0.05, 0) is 30.7 Å². The van der Waals surface area contributed by atoms with Crippen LogP contribution in [0.1, 0.15) is 32.1 Å². The molecule has 2 unspecified atom stereocenters. The van der Waals surface area contributed by atoms with Gasteiger partial charge >= 0.3 is 5.69 Å². The van der Waals surface area contributed by atoms with Crippen LogP contribution in [0.15, 0.2) is 24.3 Å². The summed E-state index contributed by atoms with van der Waals surface area (Å²) in [4.78, 5) is 24.7. The van der Waals surface area contributed by atoms with Gasteiger partial charge in [-0.3, -0.25) is 14.9 Å². The van der Waals surface area contributed by atoms with Crippen molar-refractivity contribution in [2.45, 2.75) is 32.1 Å². The van der Waals surface area contributed by atoms with Crippen molar-refractivity contribution in [3.63, 3.8) is 0 Å². The maximum Gasteiger partial charge on any atom is 0.310 e. The maximum atomic E-state index is 12.4. The van der Waals surface area contributed by atoms with Gasteiger partial charge in [-0.1, -0.05) is 31.4 Å². The molecular weight excluding hydrogens is 296 g/mol. The van der Waals surface area contributed by atoms with Crippen LogP contribution in [0, 0.1) is 22.0 Å². The van der Waals surface area contributed by atoms with Crippen molar-refractivity contribution in [2.75, 3.05) is 19.7 Å². The second-order valence-corrected chi connectivity index (χ2v) is 6.45. The molecule has 6 heteroatoms. The molecule has 1 aromatic carbocycles. The lowest BCUT2D eigenvalue weighted by molar-refractivity contribution is -0.385. The van der Waals surface area contributed by atoms with E-state index in [-0.39, 0.29) is 24.0 Å². The first-order valence-corrected chi connectivity index (χ1v) is 8.29. The zero-order valence-corrected chi connectivity index (χ0v) is 13.1. The largest absolute Gasteiger partial charge is 0.477 e. The summed E-state index contributed by atoms with van der Waals surface area (Å²) >= 11 is 0. The average molecular weight is 318 g/mol. The highest BCUT2D eigenvalue weighted by molar-refractivity contribution is 5.78. The van der Waals surface area contributed by atoms with Crippen LogP contribution in [0.5, 0.6) is 5.75 Å². The summed E-state index contributed by atoms with van der Waals surface area (Å²) in [5.41, 5.74) is -0.105. The molecule has 1 amide bonds. The SMILES string of the molecule is O=C(COc1ccccc1[N+](=O)[O-])N1CCC2CCCCC2C1. The Kier molecular flexibility index (Phi) is 4.79. The molecule has 2 fully saturated rings. The molecule has 2 aliphatic rings. The smallest absolute Gasteiger partial charge is 0.310 e. The van der Waals surface area contributed by atoms with Gasteiger partial charge in [-0.2, -0.15) is 0 Å². The second kappa shape index (κ2) is 6.98. The number of piperidine rings is 1. The Labute approximate surface area is 135 Å². The number of likely N-dealkylation sites (tertiary alicyclic amines) is 1. The number of carbonyl (C=O) groups is 1. The molecule has 23 heavy (non-hydrogen) atoms. The number of hydrogen-bond donors (Lipinski definition) is 0. The molecule has 6 nitrogen and oxygen atoms in total. The van der Waals surface area contributed by atoms with Crippen molar-refractivity contribution in [1.82, 2.24) is 4.90 Å². The summed E-state index contributed by atoms with van der Waals surface area (Å²) in [5.74, 6) is 1.46. The van der Waals surface area contributed by atoms with Crippen molar-refractivity contribution >= 4 is 11.6 Å². The molecule has 0 radical (unpaired) electrons. The van der Waals surface area contributed by atoms with E-state index in [1.165, 1.54) is 37.8 Å². The molecule has 1 saturated carbocycles. The molecular formula is C17H22N2O4. The number of nitrogens with zero attached hydrogens (tertiary/aromatic N) is 2. The molecule has 0 N–H and O–H groups in total. The molecule has 3 rings (SSSR count). The van der Waals surface area contributed by atoms with Crippen LogP contribution in [0.2, 0.25) is 0 Å². The van der Waals surface area contributed by atoms with Gasteiger partial charge in [0.2, 0.25) is 0 Å². The number of carbonyl (C=O) groups excluding carboxylic acids is 1. The number of benzene rings is 1. The van der Waals surface area contributed by atoms with E-state index in [1.54, 1.807) is 12.1 Å². The van der Waals surface area contributed by atoms with Gasteiger partial charge in [0.25, 0.3) is 5.91 Å². The lowest BCUT2D eigenvalue weighted by Gasteiger charge is -2.41. The fourth-order valence-corrected chi connectivity index (χ4v) is 3.79. The summed E-state index contributed by atoms with van der Waals surface area (Å²) in [6.45, 7) is 1.45. The average Bonchev–Trinajstić information content (AvgIpc) is 2.59. The number of amides is 1. The third-order valence-electron chi connectivity index (χ3n) is 5.06. The van der Waals surface area contributed by atoms with Gasteiger partial charge < -0.3 is 9.64 Å². The minimum Gasteiger partial charge on any atom is -0.477 e. The minimum atomic E-state index is -0.493. The number of ether oxygens (including phenoxy) is 1. The second-order valence-electron chi connectivity index (χ2n) is 6.45. The van der Waals surface area contributed by atoms with Crippen LogP contribution >= 0.6 is 0 Å². The molecule has 1 aliphatic heterocycles. The van der Waals surface area contributed by atoms with Crippen LogP contribution in [0.4, 0.5) is 5.69 Å². The van der Waals surface area contributed by atoms with E-state index in [1.807, 2.05) is 4.90 Å². The monoisotopic (exact) mass is 318 g/mol. The molecule has 0 aromatic heterocycles. The van der Waals surface area contributed by atoms with Gasteiger partial charge in [0.15, 0.2) is 12.4 Å². The van der Waals surface area contributed by atoms with Gasteiger partial charge in [0.05, 0.1) is 4.92 Å². The first kappa shape index (κ1) is 15.8. The van der Waals surface area contributed by atoms with E-state index in [9.17, 15) is 14.9 Å². The Morgan fingerprint density at radius 3 is 2.74 bits per heavy atom.